The van der Waals surface area contributed by atoms with Crippen molar-refractivity contribution in [3.05, 3.63) is 113 Å². The summed E-state index contributed by atoms with van der Waals surface area (Å²) in [5, 5.41) is 27.8. The van der Waals surface area contributed by atoms with Gasteiger partial charge in [0.15, 0.2) is 17.4 Å². The highest BCUT2D eigenvalue weighted by Crippen LogP contribution is 2.58. The number of thiol groups is 1. The zero-order valence-corrected chi connectivity index (χ0v) is 71.6. The van der Waals surface area contributed by atoms with Crippen LogP contribution in [-0.4, -0.2) is 291 Å². The van der Waals surface area contributed by atoms with Gasteiger partial charge < -0.3 is 107 Å². The SMILES string of the molecule is COCCOCCOCCOCCOCCOCCOCCOCCC(=O)N[C@@H](CCCCNC(=O)CN1C(=O)C=CC1=O)C(=O)N[C@H](C(=O)N[C@@H](C)C(=O)Nc1ccc(COC(=O)N(C)Cc2ccccc2C(=O)Nc2nc3c(ncn3[C@@H]3O[C@@H]4COP(O)(=S)O[C@H]5C[C@H](Oc6ccncn6)C[C@@H]5CCOP(=O)(S)O[C@@H]3[C@@H]4O)c(=O)[nH]2)cc1)C(C)C. The molecule has 42 nitrogen and oxygen atoms in total. The van der Waals surface area contributed by atoms with E-state index in [1.807, 2.05) is 0 Å². The Morgan fingerprint density at radius 1 is 0.746 bits per heavy atom. The number of carbonyl (C=O) groups excluding carboxylic acids is 9. The minimum Gasteiger partial charge on any atom is -0.474 e. The van der Waals surface area contributed by atoms with Crippen molar-refractivity contribution >= 4 is 114 Å². The Bertz CT molecular complexity index is 4450. The fourth-order valence-electron chi connectivity index (χ4n) is 12.8. The predicted molar refractivity (Wildman–Crippen MR) is 439 cm³/mol. The van der Waals surface area contributed by atoms with Crippen LogP contribution in [0, 0.1) is 11.8 Å². The van der Waals surface area contributed by atoms with E-state index < -0.39 is 146 Å². The van der Waals surface area contributed by atoms with Gasteiger partial charge in [-0.3, -0.25) is 67.4 Å². The van der Waals surface area contributed by atoms with Gasteiger partial charge in [-0.15, -0.1) is 0 Å². The summed E-state index contributed by atoms with van der Waals surface area (Å²) in [6, 6.07) is 10.7. The first-order valence-electron chi connectivity index (χ1n) is 39.6. The molecule has 3 aliphatic heterocycles. The van der Waals surface area contributed by atoms with Crippen molar-refractivity contribution in [2.24, 2.45) is 11.8 Å². The fraction of sp³-hybridized carbons (Fsp3) is 0.579. The number of unbranched alkanes of at least 4 members (excludes halogenated alkanes) is 1. The lowest BCUT2D eigenvalue weighted by atomic mass is 10.0. The number of fused-ring (bicyclic) bond motifs is 4. The molecule has 670 valence electrons. The van der Waals surface area contributed by atoms with Crippen LogP contribution in [0.1, 0.15) is 93.4 Å². The summed E-state index contributed by atoms with van der Waals surface area (Å²) in [5.41, 5.74) is 0.00422. The predicted octanol–water partition coefficient (Wildman–Crippen LogP) is 2.94. The smallest absolute Gasteiger partial charge is 0.410 e. The number of amides is 9. The van der Waals surface area contributed by atoms with Crippen LogP contribution in [0.2, 0.25) is 0 Å². The normalized spacial score (nSPS) is 21.7. The second-order valence-electron chi connectivity index (χ2n) is 28.6. The van der Waals surface area contributed by atoms with Gasteiger partial charge in [-0.1, -0.05) is 56.4 Å². The van der Waals surface area contributed by atoms with E-state index in [0.717, 1.165) is 23.4 Å². The highest BCUT2D eigenvalue weighted by molar-refractivity contribution is 8.44. The number of hydrogen-bond acceptors (Lipinski definition) is 32. The van der Waals surface area contributed by atoms with Gasteiger partial charge in [0.25, 0.3) is 23.3 Å². The van der Waals surface area contributed by atoms with Crippen molar-refractivity contribution in [3.8, 4) is 5.88 Å². The van der Waals surface area contributed by atoms with Crippen LogP contribution in [0.25, 0.3) is 11.2 Å². The number of methoxy groups -OCH3 is 1. The number of nitrogens with zero attached hydrogens (tertiary/aromatic N) is 7. The highest BCUT2D eigenvalue weighted by Gasteiger charge is 2.51. The summed E-state index contributed by atoms with van der Waals surface area (Å²) in [7, 11) is 3.06. The maximum atomic E-state index is 14.1. The molecule has 2 unspecified atom stereocenters. The quantitative estimate of drug-likeness (QED) is 0.0116. The number of hydrogen-bond donors (Lipinski definition) is 10. The summed E-state index contributed by atoms with van der Waals surface area (Å²) in [6.07, 6.45) is -0.330. The monoisotopic (exact) mass is 1790 g/mol. The molecule has 2 saturated heterocycles. The molecule has 1 saturated carbocycles. The summed E-state index contributed by atoms with van der Waals surface area (Å²) in [5.74, 6) is -6.01. The standard InChI is InChI=1S/C76H106N14O28P2S2/c1-48(2)64(84-71(98)56(12-8-9-22-78-60(92)43-89-62(93)17-18-63(89)94)83-59(91)21-24-105-28-29-107-32-33-109-36-37-111-39-38-110-35-34-108-31-30-106-27-26-104-5)72(99)81-49(3)69(96)82-53-15-13-50(14-16-53)44-112-76(101)88(4)42-52-10-6-7-11-55(52)70(97)86-75-85-68-65(73(100)87-75)80-47-90(68)74-67-66(95)58(116-74)45-114-120(103,122)117-57-41-54(115-61-19-23-77-46-79-61)40-51(57)20-25-113-119(102,121)118-67/h6-7,10-11,13-19,23,46-49,51,54,56-58,64,66-67,74,95H,8-9,12,20-22,24-45H2,1-5H3,(H,78,92)(H,81,99)(H,82,96)(H,83,91)(H,84,98)(H,102,121)(H,103,122)(H2,85,86,87,97,100)/t49-,51-,54+,56-,57-,58+,64-,66+,67+,74+,119?,120?/m0/s1. The molecule has 3 fully saturated rings. The molecular formula is C76H106N14O28P2S2. The molecule has 122 heavy (non-hydrogen) atoms. The van der Waals surface area contributed by atoms with Crippen LogP contribution in [0.3, 0.4) is 0 Å². The van der Waals surface area contributed by atoms with Crippen molar-refractivity contribution in [1.82, 2.24) is 60.6 Å². The number of rotatable bonds is 48. The molecule has 4 aliphatic rings. The molecule has 0 radical (unpaired) electrons. The number of anilines is 2. The zero-order valence-electron chi connectivity index (χ0n) is 68.1. The van der Waals surface area contributed by atoms with Gasteiger partial charge in [-0.25, -0.2) is 24.3 Å². The Labute approximate surface area is 713 Å². The first-order chi connectivity index (χ1) is 58.6. The number of aliphatic hydroxyl groups excluding tert-OH is 1. The summed E-state index contributed by atoms with van der Waals surface area (Å²) in [6.45, 7) is 0.384. The van der Waals surface area contributed by atoms with E-state index >= 15 is 0 Å². The number of ether oxygens (including phenoxy) is 11. The number of H-pyrrole nitrogens is 1. The number of carbonyl (C=O) groups is 9. The van der Waals surface area contributed by atoms with E-state index in [0.29, 0.717) is 121 Å². The zero-order chi connectivity index (χ0) is 87.6. The molecule has 2 aromatic carbocycles. The van der Waals surface area contributed by atoms with Gasteiger partial charge in [0.1, 0.15) is 62.0 Å². The topological polar surface area (TPSA) is 518 Å². The Kier molecular flexibility index (Phi) is 39.5. The van der Waals surface area contributed by atoms with Crippen LogP contribution in [0.15, 0.2) is 90.4 Å². The fourth-order valence-corrected chi connectivity index (χ4v) is 15.8. The van der Waals surface area contributed by atoms with Crippen LogP contribution in [-0.2, 0) is 129 Å². The molecule has 9 N–H and O–H groups in total. The lowest BCUT2D eigenvalue weighted by molar-refractivity contribution is -0.141. The summed E-state index contributed by atoms with van der Waals surface area (Å²) < 4.78 is 99.8. The molecule has 1 aliphatic carbocycles. The van der Waals surface area contributed by atoms with Gasteiger partial charge in [0, 0.05) is 75.8 Å². The van der Waals surface area contributed by atoms with Gasteiger partial charge in [0.2, 0.25) is 41.4 Å². The number of imidazole rings is 1. The van der Waals surface area contributed by atoms with Crippen LogP contribution < -0.4 is 42.2 Å². The first kappa shape index (κ1) is 97.1. The molecule has 12 atom stereocenters. The molecule has 3 aromatic heterocycles. The lowest BCUT2D eigenvalue weighted by Gasteiger charge is -2.27. The van der Waals surface area contributed by atoms with Gasteiger partial charge >= 0.3 is 19.6 Å². The number of aliphatic hydroxyl groups is 1. The third kappa shape index (κ3) is 31.5. The Hall–Kier alpha value is -8.73. The van der Waals surface area contributed by atoms with Crippen LogP contribution >= 0.6 is 25.8 Å². The van der Waals surface area contributed by atoms with E-state index in [9.17, 15) is 62.5 Å². The second-order valence-corrected chi connectivity index (χ2v) is 34.3. The molecule has 5 aromatic rings. The average Bonchev–Trinajstić information content (AvgIpc) is 1.60. The average molecular weight is 1790 g/mol. The van der Waals surface area contributed by atoms with Crippen LogP contribution in [0.4, 0.5) is 16.4 Å². The Morgan fingerprint density at radius 3 is 2.03 bits per heavy atom. The van der Waals surface area contributed by atoms with Crippen LogP contribution in [0.5, 0.6) is 5.88 Å². The number of aromatic amines is 1. The van der Waals surface area contributed by atoms with E-state index in [2.05, 4.69) is 69.1 Å². The number of nitrogens with one attached hydrogen (secondary N) is 7. The molecule has 2 bridgehead atoms. The van der Waals surface area contributed by atoms with E-state index in [4.69, 9.17) is 82.0 Å². The minimum atomic E-state index is -4.33. The number of aromatic nitrogens is 6. The third-order valence-electron chi connectivity index (χ3n) is 19.1. The number of benzene rings is 2. The van der Waals surface area contributed by atoms with Gasteiger partial charge in [-0.05, 0) is 92.0 Å². The Morgan fingerprint density at radius 2 is 1.39 bits per heavy atom. The third-order valence-corrected chi connectivity index (χ3v) is 22.4. The Balaban J connectivity index is 0.704. The van der Waals surface area contributed by atoms with Crippen molar-refractivity contribution < 1.29 is 128 Å². The second kappa shape index (κ2) is 49.7. The van der Waals surface area contributed by atoms with Crippen molar-refractivity contribution in [2.75, 3.05) is 150 Å². The van der Waals surface area contributed by atoms with E-state index in [1.54, 1.807) is 69.5 Å². The summed E-state index contributed by atoms with van der Waals surface area (Å²) >= 11 is 9.67. The molecule has 9 rings (SSSR count). The van der Waals surface area contributed by atoms with Crippen molar-refractivity contribution in [3.63, 3.8) is 0 Å². The van der Waals surface area contributed by atoms with Crippen molar-refractivity contribution in [2.45, 2.75) is 134 Å². The first-order valence-corrected chi connectivity index (χ1v) is 44.9. The maximum absolute atomic E-state index is 14.1. The molecule has 9 amide bonds. The minimum absolute atomic E-state index is 0.0131. The van der Waals surface area contributed by atoms with Gasteiger partial charge in [-0.2, -0.15) is 4.98 Å². The molecular weight excluding hydrogens is 1680 g/mol. The molecule has 46 heteroatoms. The summed E-state index contributed by atoms with van der Waals surface area (Å²) in [4.78, 5) is 165. The number of imide groups is 1. The lowest BCUT2D eigenvalue weighted by Crippen LogP contribution is -2.57. The van der Waals surface area contributed by atoms with Crippen molar-refractivity contribution in [1.29, 1.82) is 0 Å². The largest absolute Gasteiger partial charge is 0.474 e. The molecule has 0 spiro atoms. The maximum Gasteiger partial charge on any atom is 0.410 e. The van der Waals surface area contributed by atoms with E-state index in [1.165, 1.54) is 42.0 Å². The van der Waals surface area contributed by atoms with E-state index in [-0.39, 0.29) is 100 Å². The highest BCUT2D eigenvalue weighted by atomic mass is 32.7. The molecule has 6 heterocycles. The van der Waals surface area contributed by atoms with Gasteiger partial charge in [0.05, 0.1) is 125 Å².